The van der Waals surface area contributed by atoms with Crippen molar-refractivity contribution in [2.45, 2.75) is 82.5 Å². The standard InChI is InChI=1S/C52H51N5O4/c58-49-22-21-48(51(59)54-49)57-33-41-29-39(13-19-47(41)52(57)60)42-31-53-56(32-42)28-25-35-23-26-55(27-24-35)43-15-11-38(12-16-43)50-45(37-9-5-2-6-10-37)18-14-40-30-44(17-20-46(40)50)61-34-36-7-3-1-4-8-36/h1-13,15-17,19-20,29-32,35,45,48,50H,14,18,21-28,33-34H2,(H,54,58,59)/t45-,48?,50+/m1/s1. The van der Waals surface area contributed by atoms with Gasteiger partial charge in [-0.3, -0.25) is 24.4 Å². The van der Waals surface area contributed by atoms with Crippen LogP contribution in [0.2, 0.25) is 0 Å². The molecule has 9 nitrogen and oxygen atoms in total. The number of aromatic nitrogens is 2. The maximum atomic E-state index is 13.2. The number of carbonyl (C=O) groups is 3. The maximum Gasteiger partial charge on any atom is 0.255 e. The molecule has 0 spiro atoms. The van der Waals surface area contributed by atoms with E-state index in [0.29, 0.717) is 37.0 Å². The van der Waals surface area contributed by atoms with Crippen molar-refractivity contribution in [3.05, 3.63) is 173 Å². The summed E-state index contributed by atoms with van der Waals surface area (Å²) in [5.41, 5.74) is 11.6. The SMILES string of the molecule is O=C1CCC(N2Cc3cc(-c4cnn(CCC5CCN(c6ccc([C@@H]7c8ccc(OCc9ccccc9)cc8CC[C@@H]7c7ccccc7)cc6)CC5)c4)ccc3C2=O)C(=O)N1. The normalized spacial score (nSPS) is 20.3. The number of hydrogen-bond acceptors (Lipinski definition) is 6. The van der Waals surface area contributed by atoms with Gasteiger partial charge in [0.1, 0.15) is 18.4 Å². The lowest BCUT2D eigenvalue weighted by atomic mass is 9.69. The Kier molecular flexibility index (Phi) is 10.7. The van der Waals surface area contributed by atoms with Crippen LogP contribution in [0.25, 0.3) is 11.1 Å². The number of nitrogens with one attached hydrogen (secondary N) is 1. The van der Waals surface area contributed by atoms with Gasteiger partial charge in [-0.25, -0.2) is 0 Å². The summed E-state index contributed by atoms with van der Waals surface area (Å²) in [6, 6.07) is 42.8. The van der Waals surface area contributed by atoms with Gasteiger partial charge in [0.2, 0.25) is 11.8 Å². The molecule has 1 N–H and O–H groups in total. The molecule has 9 heteroatoms. The van der Waals surface area contributed by atoms with E-state index in [0.717, 1.165) is 74.2 Å². The van der Waals surface area contributed by atoms with Crippen LogP contribution in [0.4, 0.5) is 5.69 Å². The minimum Gasteiger partial charge on any atom is -0.489 e. The molecular formula is C52H51N5O4. The highest BCUT2D eigenvalue weighted by molar-refractivity contribution is 6.05. The number of ether oxygens (including phenoxy) is 1. The average molecular weight is 810 g/mol. The third-order valence-corrected chi connectivity index (χ3v) is 13.5. The van der Waals surface area contributed by atoms with Crippen LogP contribution in [0, 0.1) is 5.92 Å². The summed E-state index contributed by atoms with van der Waals surface area (Å²) in [6.45, 7) is 3.88. The first-order valence-electron chi connectivity index (χ1n) is 21.9. The number of hydrogen-bond donors (Lipinski definition) is 1. The summed E-state index contributed by atoms with van der Waals surface area (Å²) in [7, 11) is 0. The van der Waals surface area contributed by atoms with Crippen molar-refractivity contribution in [3.8, 4) is 16.9 Å². The molecule has 10 rings (SSSR count). The smallest absolute Gasteiger partial charge is 0.255 e. The van der Waals surface area contributed by atoms with Crippen molar-refractivity contribution in [2.75, 3.05) is 18.0 Å². The lowest BCUT2D eigenvalue weighted by Gasteiger charge is -2.36. The third-order valence-electron chi connectivity index (χ3n) is 13.5. The Morgan fingerprint density at radius 1 is 0.721 bits per heavy atom. The van der Waals surface area contributed by atoms with Crippen LogP contribution in [0.1, 0.15) is 94.1 Å². The minimum absolute atomic E-state index is 0.155. The minimum atomic E-state index is -0.615. The summed E-state index contributed by atoms with van der Waals surface area (Å²) in [5, 5.41) is 7.08. The van der Waals surface area contributed by atoms with Gasteiger partial charge in [0, 0.05) is 61.5 Å². The molecule has 1 unspecified atom stereocenters. The van der Waals surface area contributed by atoms with Crippen LogP contribution in [0.3, 0.4) is 0 Å². The van der Waals surface area contributed by atoms with Crippen LogP contribution in [0.15, 0.2) is 134 Å². The number of nitrogens with zero attached hydrogens (tertiary/aromatic N) is 4. The van der Waals surface area contributed by atoms with Crippen LogP contribution in [0.5, 0.6) is 5.75 Å². The van der Waals surface area contributed by atoms with Gasteiger partial charge >= 0.3 is 0 Å². The molecule has 0 saturated carbocycles. The molecule has 5 aromatic carbocycles. The topological polar surface area (TPSA) is 96.8 Å². The molecule has 2 saturated heterocycles. The second kappa shape index (κ2) is 16.9. The highest BCUT2D eigenvalue weighted by Gasteiger charge is 2.39. The molecule has 308 valence electrons. The lowest BCUT2D eigenvalue weighted by molar-refractivity contribution is -0.136. The van der Waals surface area contributed by atoms with Crippen molar-refractivity contribution in [1.29, 1.82) is 0 Å². The summed E-state index contributed by atoms with van der Waals surface area (Å²) in [5.74, 6) is 1.44. The van der Waals surface area contributed by atoms with E-state index in [1.165, 1.54) is 33.5 Å². The summed E-state index contributed by atoms with van der Waals surface area (Å²) in [4.78, 5) is 41.4. The number of amides is 3. The summed E-state index contributed by atoms with van der Waals surface area (Å²) in [6.07, 6.45) is 10.1. The van der Waals surface area contributed by atoms with E-state index in [9.17, 15) is 14.4 Å². The Morgan fingerprint density at radius 2 is 1.51 bits per heavy atom. The number of rotatable bonds is 11. The van der Waals surface area contributed by atoms with E-state index in [4.69, 9.17) is 9.84 Å². The van der Waals surface area contributed by atoms with E-state index in [2.05, 4.69) is 113 Å². The fourth-order valence-corrected chi connectivity index (χ4v) is 10.2. The molecule has 3 amide bonds. The van der Waals surface area contributed by atoms with Gasteiger partial charge in [0.15, 0.2) is 0 Å². The van der Waals surface area contributed by atoms with Gasteiger partial charge in [0.05, 0.1) is 6.20 Å². The molecule has 0 radical (unpaired) electrons. The van der Waals surface area contributed by atoms with Crippen molar-refractivity contribution in [3.63, 3.8) is 0 Å². The Bertz CT molecular complexity index is 2540. The van der Waals surface area contributed by atoms with Crippen LogP contribution < -0.4 is 15.0 Å². The molecule has 6 aromatic rings. The number of fused-ring (bicyclic) bond motifs is 2. The largest absolute Gasteiger partial charge is 0.489 e. The van der Waals surface area contributed by atoms with Gasteiger partial charge < -0.3 is 14.5 Å². The van der Waals surface area contributed by atoms with E-state index in [1.54, 1.807) is 4.90 Å². The van der Waals surface area contributed by atoms with Gasteiger partial charge in [-0.15, -0.1) is 0 Å². The Hall–Kier alpha value is -6.48. The average Bonchev–Trinajstić information content (AvgIpc) is 3.92. The van der Waals surface area contributed by atoms with Crippen LogP contribution in [-0.2, 0) is 35.7 Å². The first-order chi connectivity index (χ1) is 29.9. The molecule has 4 aliphatic rings. The molecule has 1 aromatic heterocycles. The Morgan fingerprint density at radius 3 is 2.30 bits per heavy atom. The molecule has 61 heavy (non-hydrogen) atoms. The molecule has 0 bridgehead atoms. The predicted molar refractivity (Wildman–Crippen MR) is 236 cm³/mol. The van der Waals surface area contributed by atoms with Gasteiger partial charge in [-0.1, -0.05) is 84.9 Å². The summed E-state index contributed by atoms with van der Waals surface area (Å²) >= 11 is 0. The molecule has 2 fully saturated rings. The van der Waals surface area contributed by atoms with Gasteiger partial charge in [0.25, 0.3) is 5.91 Å². The van der Waals surface area contributed by atoms with Crippen LogP contribution >= 0.6 is 0 Å². The Labute approximate surface area is 357 Å². The molecule has 4 heterocycles. The van der Waals surface area contributed by atoms with Crippen molar-refractivity contribution >= 4 is 23.4 Å². The zero-order valence-corrected chi connectivity index (χ0v) is 34.4. The zero-order chi connectivity index (χ0) is 41.3. The maximum absolute atomic E-state index is 13.2. The first-order valence-corrected chi connectivity index (χ1v) is 21.9. The Balaban J connectivity index is 0.756. The number of imide groups is 1. The number of benzene rings is 5. The van der Waals surface area contributed by atoms with E-state index < -0.39 is 11.9 Å². The second-order valence-corrected chi connectivity index (χ2v) is 17.2. The molecular weight excluding hydrogens is 759 g/mol. The molecule has 1 aliphatic carbocycles. The van der Waals surface area contributed by atoms with Crippen molar-refractivity contribution in [2.24, 2.45) is 5.92 Å². The third kappa shape index (κ3) is 8.09. The number of carbonyl (C=O) groups excluding carboxylic acids is 3. The van der Waals surface area contributed by atoms with E-state index in [1.807, 2.05) is 35.1 Å². The predicted octanol–water partition coefficient (Wildman–Crippen LogP) is 9.06. The fourth-order valence-electron chi connectivity index (χ4n) is 10.2. The quantitative estimate of drug-likeness (QED) is 0.131. The summed E-state index contributed by atoms with van der Waals surface area (Å²) < 4.78 is 8.30. The monoisotopic (exact) mass is 809 g/mol. The van der Waals surface area contributed by atoms with Gasteiger partial charge in [-0.2, -0.15) is 5.10 Å². The number of anilines is 1. The molecule has 3 atom stereocenters. The molecule has 3 aliphatic heterocycles. The van der Waals surface area contributed by atoms with Gasteiger partial charge in [-0.05, 0) is 126 Å². The highest BCUT2D eigenvalue weighted by Crippen LogP contribution is 2.47. The van der Waals surface area contributed by atoms with Crippen LogP contribution in [-0.4, -0.2) is 51.5 Å². The second-order valence-electron chi connectivity index (χ2n) is 17.2. The zero-order valence-electron chi connectivity index (χ0n) is 34.4. The first kappa shape index (κ1) is 38.7. The van der Waals surface area contributed by atoms with E-state index >= 15 is 0 Å². The number of aryl methyl sites for hydroxylation is 2. The number of piperidine rings is 2. The van der Waals surface area contributed by atoms with Crippen molar-refractivity contribution < 1.29 is 19.1 Å². The van der Waals surface area contributed by atoms with Crippen molar-refractivity contribution in [1.82, 2.24) is 20.0 Å². The fraction of sp³-hybridized carbons (Fsp3) is 0.308. The van der Waals surface area contributed by atoms with E-state index in [-0.39, 0.29) is 24.2 Å². The highest BCUT2D eigenvalue weighted by atomic mass is 16.5. The lowest BCUT2D eigenvalue weighted by Crippen LogP contribution is -2.52.